The zero-order chi connectivity index (χ0) is 20.7. The fourth-order valence-electron chi connectivity index (χ4n) is 3.17. The molecule has 5 N–H and O–H groups in total. The molecule has 0 spiro atoms. The largest absolute Gasteiger partial charge is 0.507 e. The van der Waals surface area contributed by atoms with E-state index in [1.165, 1.54) is 12.1 Å². The molecule has 28 heavy (non-hydrogen) atoms. The van der Waals surface area contributed by atoms with Crippen molar-refractivity contribution >= 4 is 39.3 Å². The second-order valence-electron chi connectivity index (χ2n) is 6.45. The number of hydrogen-bond donors (Lipinski definition) is 5. The first kappa shape index (κ1) is 18.9. The van der Waals surface area contributed by atoms with Gasteiger partial charge in [-0.25, -0.2) is 4.79 Å². The van der Waals surface area contributed by atoms with Crippen molar-refractivity contribution < 1.29 is 30.3 Å². The molecule has 3 aromatic carbocycles. The van der Waals surface area contributed by atoms with Crippen LogP contribution in [0.4, 0.5) is 0 Å². The van der Waals surface area contributed by atoms with Gasteiger partial charge in [0.25, 0.3) is 0 Å². The summed E-state index contributed by atoms with van der Waals surface area (Å²) in [6.07, 6.45) is 3.16. The highest BCUT2D eigenvalue weighted by molar-refractivity contribution is 6.13. The van der Waals surface area contributed by atoms with Crippen LogP contribution in [0.2, 0.25) is 0 Å². The lowest BCUT2D eigenvalue weighted by Gasteiger charge is -2.13. The first-order valence-corrected chi connectivity index (χ1v) is 8.35. The van der Waals surface area contributed by atoms with Crippen LogP contribution in [0.1, 0.15) is 24.2 Å². The molecule has 0 fully saturated rings. The number of phenols is 4. The summed E-state index contributed by atoms with van der Waals surface area (Å²) in [5, 5.41) is 52.5. The zero-order valence-electron chi connectivity index (χ0n) is 15.2. The van der Waals surface area contributed by atoms with Crippen molar-refractivity contribution in [3.63, 3.8) is 0 Å². The van der Waals surface area contributed by atoms with E-state index in [-0.39, 0.29) is 44.0 Å². The summed E-state index contributed by atoms with van der Waals surface area (Å²) in [6, 6.07) is 3.58. The number of phenolic OH excluding ortho intramolecular Hbond substituents is 3. The maximum absolute atomic E-state index is 11.3. The van der Waals surface area contributed by atoms with Crippen molar-refractivity contribution in [2.75, 3.05) is 0 Å². The Kier molecular flexibility index (Phi) is 4.51. The fourth-order valence-corrected chi connectivity index (χ4v) is 3.17. The number of benzene rings is 3. The molecule has 0 saturated heterocycles. The molecule has 0 heterocycles. The number of aromatic hydroxyl groups is 4. The van der Waals surface area contributed by atoms with Gasteiger partial charge in [-0.1, -0.05) is 18.2 Å². The normalized spacial score (nSPS) is 11.6. The quantitative estimate of drug-likeness (QED) is 0.266. The van der Waals surface area contributed by atoms with Crippen LogP contribution in [0.3, 0.4) is 0 Å². The van der Waals surface area contributed by atoms with Crippen molar-refractivity contribution in [2.24, 2.45) is 0 Å². The van der Waals surface area contributed by atoms with Crippen LogP contribution in [0.5, 0.6) is 23.0 Å². The van der Waals surface area contributed by atoms with Crippen LogP contribution in [0.15, 0.2) is 36.4 Å². The minimum absolute atomic E-state index is 0.0403. The Balaban J connectivity index is 2.75. The number of aromatic carboxylic acids is 1. The smallest absolute Gasteiger partial charge is 0.339 e. The lowest BCUT2D eigenvalue weighted by molar-refractivity contribution is 0.0694. The number of allylic oxidation sites excluding steroid dienone is 2. The number of carboxylic acid groups (broad SMARTS) is 1. The Labute approximate surface area is 159 Å². The summed E-state index contributed by atoms with van der Waals surface area (Å²) < 4.78 is 0. The molecule has 3 rings (SSSR count). The van der Waals surface area contributed by atoms with Gasteiger partial charge in [-0.2, -0.15) is 0 Å². The van der Waals surface area contributed by atoms with Gasteiger partial charge < -0.3 is 25.5 Å². The highest BCUT2D eigenvalue weighted by atomic mass is 16.4. The average molecular weight is 378 g/mol. The number of carboxylic acids is 1. The maximum Gasteiger partial charge on any atom is 0.339 e. The van der Waals surface area contributed by atoms with Gasteiger partial charge in [0.1, 0.15) is 28.6 Å². The van der Waals surface area contributed by atoms with Crippen molar-refractivity contribution in [1.82, 2.24) is 0 Å². The molecule has 0 saturated carbocycles. The third-order valence-corrected chi connectivity index (χ3v) is 4.46. The predicted molar refractivity (Wildman–Crippen MR) is 107 cm³/mol. The molecule has 0 aliphatic rings. The van der Waals surface area contributed by atoms with Gasteiger partial charge in [-0.05, 0) is 43.3 Å². The Morgan fingerprint density at radius 1 is 1.00 bits per heavy atom. The summed E-state index contributed by atoms with van der Waals surface area (Å²) in [5.41, 5.74) is 3.12. The zero-order valence-corrected chi connectivity index (χ0v) is 15.2. The molecular weight excluding hydrogens is 360 g/mol. The molecule has 0 bridgehead atoms. The Morgan fingerprint density at radius 2 is 1.61 bits per heavy atom. The summed E-state index contributed by atoms with van der Waals surface area (Å²) in [5.74, 6) is -2.70. The van der Waals surface area contributed by atoms with Crippen LogP contribution < -0.4 is 10.4 Å². The molecule has 6 heteroatoms. The first-order chi connectivity index (χ1) is 13.2. The Hall–Kier alpha value is -3.89. The summed E-state index contributed by atoms with van der Waals surface area (Å²) in [7, 11) is 0. The molecule has 0 amide bonds. The molecular formula is C22H18O6. The lowest BCUT2D eigenvalue weighted by Crippen LogP contribution is -2.12. The van der Waals surface area contributed by atoms with Gasteiger partial charge in [0.05, 0.1) is 5.22 Å². The van der Waals surface area contributed by atoms with Gasteiger partial charge in [0.2, 0.25) is 0 Å². The molecule has 0 unspecified atom stereocenters. The second kappa shape index (κ2) is 6.68. The van der Waals surface area contributed by atoms with E-state index in [0.717, 1.165) is 12.1 Å². The molecule has 0 radical (unpaired) electrons. The van der Waals surface area contributed by atoms with Gasteiger partial charge in [0.15, 0.2) is 0 Å². The van der Waals surface area contributed by atoms with Crippen molar-refractivity contribution in [1.29, 1.82) is 0 Å². The molecule has 0 atom stereocenters. The van der Waals surface area contributed by atoms with Crippen LogP contribution in [-0.4, -0.2) is 31.5 Å². The van der Waals surface area contributed by atoms with E-state index in [2.05, 4.69) is 12.3 Å². The SMILES string of the molecule is C=C(C)C=C=c1c(O)cc(=CC)c2c(O)c3cc(C(=O)O)c(O)cc3c(O)c12. The van der Waals surface area contributed by atoms with E-state index in [0.29, 0.717) is 10.8 Å². The molecule has 3 aromatic rings. The first-order valence-electron chi connectivity index (χ1n) is 8.35. The van der Waals surface area contributed by atoms with Crippen LogP contribution in [0, 0.1) is 0 Å². The van der Waals surface area contributed by atoms with E-state index in [4.69, 9.17) is 0 Å². The number of carbonyl (C=O) groups is 1. The van der Waals surface area contributed by atoms with E-state index >= 15 is 0 Å². The Morgan fingerprint density at radius 3 is 2.18 bits per heavy atom. The maximum atomic E-state index is 11.3. The molecule has 6 nitrogen and oxygen atoms in total. The van der Waals surface area contributed by atoms with E-state index in [1.54, 1.807) is 19.9 Å². The van der Waals surface area contributed by atoms with Crippen LogP contribution in [-0.2, 0) is 0 Å². The van der Waals surface area contributed by atoms with E-state index in [9.17, 15) is 30.3 Å². The summed E-state index contributed by atoms with van der Waals surface area (Å²) in [6.45, 7) is 7.17. The highest BCUT2D eigenvalue weighted by Gasteiger charge is 2.20. The number of hydrogen-bond acceptors (Lipinski definition) is 5. The van der Waals surface area contributed by atoms with Crippen molar-refractivity contribution in [3.8, 4) is 23.0 Å². The third-order valence-electron chi connectivity index (χ3n) is 4.46. The van der Waals surface area contributed by atoms with Crippen molar-refractivity contribution in [3.05, 3.63) is 52.4 Å². The van der Waals surface area contributed by atoms with E-state index in [1.807, 2.05) is 0 Å². The summed E-state index contributed by atoms with van der Waals surface area (Å²) in [4.78, 5) is 11.3. The predicted octanol–water partition coefficient (Wildman–Crippen LogP) is 2.83. The molecule has 0 aliphatic heterocycles. The van der Waals surface area contributed by atoms with Crippen LogP contribution in [0.25, 0.3) is 33.4 Å². The minimum Gasteiger partial charge on any atom is -0.507 e. The minimum atomic E-state index is -1.37. The second-order valence-corrected chi connectivity index (χ2v) is 6.45. The van der Waals surface area contributed by atoms with Gasteiger partial charge in [-0.3, -0.25) is 0 Å². The topological polar surface area (TPSA) is 118 Å². The van der Waals surface area contributed by atoms with Gasteiger partial charge >= 0.3 is 5.97 Å². The van der Waals surface area contributed by atoms with Crippen LogP contribution >= 0.6 is 0 Å². The number of fused-ring (bicyclic) bond motifs is 2. The van der Waals surface area contributed by atoms with E-state index < -0.39 is 17.3 Å². The summed E-state index contributed by atoms with van der Waals surface area (Å²) >= 11 is 0. The van der Waals surface area contributed by atoms with Crippen molar-refractivity contribution in [2.45, 2.75) is 13.8 Å². The molecule has 142 valence electrons. The number of rotatable bonds is 2. The average Bonchev–Trinajstić information content (AvgIpc) is 2.63. The monoisotopic (exact) mass is 378 g/mol. The lowest BCUT2D eigenvalue weighted by atomic mass is 9.95. The molecule has 0 aliphatic carbocycles. The molecule has 0 aromatic heterocycles. The third kappa shape index (κ3) is 2.82. The highest BCUT2D eigenvalue weighted by Crippen LogP contribution is 2.41. The van der Waals surface area contributed by atoms with Gasteiger partial charge in [0, 0.05) is 21.5 Å². The Bertz CT molecular complexity index is 1340. The van der Waals surface area contributed by atoms with Gasteiger partial charge in [-0.15, -0.1) is 5.73 Å². The standard InChI is InChI=1S/C22H18O6/c1-4-11-7-16(23)12(6-5-10(2)3)19-18(11)20(25)13-8-15(22(27)28)17(24)9-14(13)21(19)26/h4-5,7-9,23-26H,2H2,1,3H3,(H,27,28). The fraction of sp³-hybridized carbons (Fsp3) is 0.0909.